The second kappa shape index (κ2) is 5.80. The van der Waals surface area contributed by atoms with Crippen molar-refractivity contribution >= 4 is 22.2 Å². The summed E-state index contributed by atoms with van der Waals surface area (Å²) >= 11 is 0. The molecule has 4 nitrogen and oxygen atoms in total. The van der Waals surface area contributed by atoms with Crippen LogP contribution in [-0.2, 0) is 9.84 Å². The summed E-state index contributed by atoms with van der Waals surface area (Å²) in [5.41, 5.74) is 5.35. The summed E-state index contributed by atoms with van der Waals surface area (Å²) < 4.78 is 22.0. The summed E-state index contributed by atoms with van der Waals surface area (Å²) in [6, 6.07) is 0. The molecule has 1 fully saturated rings. The Morgan fingerprint density at radius 3 is 2.23 bits per heavy atom. The molecule has 0 spiro atoms. The van der Waals surface area contributed by atoms with Gasteiger partial charge in [-0.25, -0.2) is 8.42 Å². The first-order valence-corrected chi connectivity index (χ1v) is 6.09. The highest BCUT2D eigenvalue weighted by Crippen LogP contribution is 2.03. The Balaban J connectivity index is 0.00000144. The zero-order valence-corrected chi connectivity index (χ0v) is 9.24. The predicted octanol–water partition coefficient (Wildman–Crippen LogP) is -0.513. The lowest BCUT2D eigenvalue weighted by molar-refractivity contribution is 0.293. The molecule has 0 aromatic rings. The first-order valence-electron chi connectivity index (χ1n) is 4.27. The maximum atomic E-state index is 11.0. The summed E-state index contributed by atoms with van der Waals surface area (Å²) in [6.07, 6.45) is 0.958. The van der Waals surface area contributed by atoms with Crippen LogP contribution in [0.2, 0.25) is 0 Å². The molecular weight excluding hydrogens is 212 g/mol. The van der Waals surface area contributed by atoms with Gasteiger partial charge < -0.3 is 10.6 Å². The zero-order valence-electron chi connectivity index (χ0n) is 7.61. The van der Waals surface area contributed by atoms with Gasteiger partial charge in [-0.2, -0.15) is 0 Å². The molecule has 1 saturated heterocycles. The van der Waals surface area contributed by atoms with Crippen molar-refractivity contribution in [1.82, 2.24) is 4.90 Å². The van der Waals surface area contributed by atoms with Gasteiger partial charge in [0.2, 0.25) is 0 Å². The molecule has 80 valence electrons. The first-order chi connectivity index (χ1) is 5.64. The molecule has 1 rings (SSSR count). The smallest absolute Gasteiger partial charge is 0.152 e. The second-order valence-corrected chi connectivity index (χ2v) is 5.44. The van der Waals surface area contributed by atoms with E-state index in [9.17, 15) is 8.42 Å². The van der Waals surface area contributed by atoms with Crippen molar-refractivity contribution in [2.75, 3.05) is 37.7 Å². The van der Waals surface area contributed by atoms with Gasteiger partial charge >= 0.3 is 0 Å². The van der Waals surface area contributed by atoms with E-state index in [1.165, 1.54) is 0 Å². The standard InChI is InChI=1S/C7H16N2O2S.ClH/c8-2-1-3-9-4-6-12(10,11)7-5-9;/h1-8H2;1H. The molecule has 0 unspecified atom stereocenters. The van der Waals surface area contributed by atoms with Crippen LogP contribution in [0.4, 0.5) is 0 Å². The van der Waals surface area contributed by atoms with Crippen LogP contribution < -0.4 is 5.73 Å². The van der Waals surface area contributed by atoms with Crippen molar-refractivity contribution in [2.24, 2.45) is 5.73 Å². The van der Waals surface area contributed by atoms with Crippen molar-refractivity contribution < 1.29 is 8.42 Å². The fraction of sp³-hybridized carbons (Fsp3) is 1.00. The van der Waals surface area contributed by atoms with E-state index >= 15 is 0 Å². The monoisotopic (exact) mass is 228 g/mol. The Morgan fingerprint density at radius 1 is 1.23 bits per heavy atom. The number of hydrogen-bond acceptors (Lipinski definition) is 4. The number of rotatable bonds is 3. The summed E-state index contributed by atoms with van der Waals surface area (Å²) in [6.45, 7) is 2.99. The van der Waals surface area contributed by atoms with E-state index in [0.717, 1.165) is 13.0 Å². The Labute approximate surface area is 85.8 Å². The van der Waals surface area contributed by atoms with Crippen LogP contribution in [0.15, 0.2) is 0 Å². The topological polar surface area (TPSA) is 63.4 Å². The van der Waals surface area contributed by atoms with E-state index in [4.69, 9.17) is 5.73 Å². The number of nitrogens with two attached hydrogens (primary N) is 1. The van der Waals surface area contributed by atoms with E-state index in [1.807, 2.05) is 0 Å². The lowest BCUT2D eigenvalue weighted by Gasteiger charge is -2.25. The quantitative estimate of drug-likeness (QED) is 0.707. The fourth-order valence-electron chi connectivity index (χ4n) is 1.29. The van der Waals surface area contributed by atoms with Gasteiger partial charge in [0.15, 0.2) is 9.84 Å². The molecule has 0 atom stereocenters. The second-order valence-electron chi connectivity index (χ2n) is 3.14. The van der Waals surface area contributed by atoms with Gasteiger partial charge in [-0.05, 0) is 19.5 Å². The molecule has 0 radical (unpaired) electrons. The zero-order chi connectivity index (χ0) is 9.03. The Hall–Kier alpha value is 0.160. The summed E-state index contributed by atoms with van der Waals surface area (Å²) in [5, 5.41) is 0. The summed E-state index contributed by atoms with van der Waals surface area (Å²) in [4.78, 5) is 2.16. The average molecular weight is 229 g/mol. The highest BCUT2D eigenvalue weighted by atomic mass is 35.5. The van der Waals surface area contributed by atoms with Gasteiger partial charge in [0.1, 0.15) is 0 Å². The molecule has 1 aliphatic heterocycles. The highest BCUT2D eigenvalue weighted by molar-refractivity contribution is 7.91. The third-order valence-electron chi connectivity index (χ3n) is 2.12. The maximum absolute atomic E-state index is 11.0. The number of nitrogens with zero attached hydrogens (tertiary/aromatic N) is 1. The van der Waals surface area contributed by atoms with Crippen LogP contribution in [0.25, 0.3) is 0 Å². The molecule has 0 aliphatic carbocycles. The third-order valence-corrected chi connectivity index (χ3v) is 3.72. The predicted molar refractivity (Wildman–Crippen MR) is 56.0 cm³/mol. The third kappa shape index (κ3) is 4.81. The molecule has 13 heavy (non-hydrogen) atoms. The number of sulfone groups is 1. The minimum atomic E-state index is -2.71. The molecule has 1 heterocycles. The van der Waals surface area contributed by atoms with Crippen LogP contribution >= 0.6 is 12.4 Å². The van der Waals surface area contributed by atoms with Gasteiger partial charge in [-0.1, -0.05) is 0 Å². The minimum Gasteiger partial charge on any atom is -0.330 e. The van der Waals surface area contributed by atoms with Crippen LogP contribution in [0.1, 0.15) is 6.42 Å². The molecule has 0 bridgehead atoms. The van der Waals surface area contributed by atoms with E-state index in [1.54, 1.807) is 0 Å². The van der Waals surface area contributed by atoms with Gasteiger partial charge in [-0.15, -0.1) is 12.4 Å². The lowest BCUT2D eigenvalue weighted by atomic mass is 10.4. The van der Waals surface area contributed by atoms with Gasteiger partial charge in [0.05, 0.1) is 11.5 Å². The Bertz CT molecular complexity index is 217. The molecule has 0 saturated carbocycles. The van der Waals surface area contributed by atoms with Crippen LogP contribution in [-0.4, -0.2) is 51.0 Å². The van der Waals surface area contributed by atoms with Crippen molar-refractivity contribution in [1.29, 1.82) is 0 Å². The van der Waals surface area contributed by atoms with Gasteiger partial charge in [-0.3, -0.25) is 0 Å². The van der Waals surface area contributed by atoms with E-state index in [0.29, 0.717) is 31.1 Å². The largest absolute Gasteiger partial charge is 0.330 e. The lowest BCUT2D eigenvalue weighted by Crippen LogP contribution is -2.41. The minimum absolute atomic E-state index is 0. The summed E-state index contributed by atoms with van der Waals surface area (Å²) in [7, 11) is -2.71. The summed E-state index contributed by atoms with van der Waals surface area (Å²) in [5.74, 6) is 0.634. The molecule has 2 N–H and O–H groups in total. The van der Waals surface area contributed by atoms with Crippen molar-refractivity contribution in [2.45, 2.75) is 6.42 Å². The number of hydrogen-bond donors (Lipinski definition) is 1. The fourth-order valence-corrected chi connectivity index (χ4v) is 2.57. The molecule has 6 heteroatoms. The SMILES string of the molecule is Cl.NCCCN1CCS(=O)(=O)CC1. The van der Waals surface area contributed by atoms with Crippen molar-refractivity contribution in [3.63, 3.8) is 0 Å². The highest BCUT2D eigenvalue weighted by Gasteiger charge is 2.20. The molecule has 0 aromatic carbocycles. The van der Waals surface area contributed by atoms with E-state index in [2.05, 4.69) is 4.90 Å². The molecule has 0 amide bonds. The Kier molecular flexibility index (Phi) is 5.87. The van der Waals surface area contributed by atoms with Crippen LogP contribution in [0.3, 0.4) is 0 Å². The number of halogens is 1. The maximum Gasteiger partial charge on any atom is 0.152 e. The van der Waals surface area contributed by atoms with E-state index < -0.39 is 9.84 Å². The first kappa shape index (κ1) is 13.2. The van der Waals surface area contributed by atoms with Crippen molar-refractivity contribution in [3.8, 4) is 0 Å². The average Bonchev–Trinajstić information content (AvgIpc) is 2.03. The Morgan fingerprint density at radius 2 is 1.77 bits per heavy atom. The van der Waals surface area contributed by atoms with Gasteiger partial charge in [0.25, 0.3) is 0 Å². The van der Waals surface area contributed by atoms with E-state index in [-0.39, 0.29) is 12.4 Å². The molecular formula is C7H17ClN2O2S. The van der Waals surface area contributed by atoms with Gasteiger partial charge in [0, 0.05) is 13.1 Å². The normalized spacial score (nSPS) is 22.2. The molecule has 1 aliphatic rings. The molecule has 0 aromatic heterocycles. The van der Waals surface area contributed by atoms with Crippen LogP contribution in [0.5, 0.6) is 0 Å². The van der Waals surface area contributed by atoms with Crippen molar-refractivity contribution in [3.05, 3.63) is 0 Å². The van der Waals surface area contributed by atoms with Crippen LogP contribution in [0, 0.1) is 0 Å².